The van der Waals surface area contributed by atoms with Crippen molar-refractivity contribution in [3.05, 3.63) is 35.9 Å². The minimum atomic E-state index is 0.208. The van der Waals surface area contributed by atoms with Gasteiger partial charge in [0.25, 0.3) is 0 Å². The maximum atomic E-state index is 8.77. The Balaban J connectivity index is 2.10. The Hall–Kier alpha value is -0.510. The fraction of sp³-hybridized carbons (Fsp3) is 0.455. The minimum Gasteiger partial charge on any atom is -0.395 e. The maximum absolute atomic E-state index is 8.77. The fourth-order valence-corrected chi connectivity index (χ4v) is 1.47. The quantitative estimate of drug-likeness (QED) is 0.579. The Kier molecular flexibility index (Phi) is 5.68. The Morgan fingerprint density at radius 2 is 2.07 bits per heavy atom. The molecule has 0 aliphatic carbocycles. The van der Waals surface area contributed by atoms with Gasteiger partial charge in [-0.15, -0.1) is 11.8 Å². The number of ether oxygens (including phenoxy) is 1. The lowest BCUT2D eigenvalue weighted by atomic mass is 10.2. The number of thioether (sulfide) groups is 1. The van der Waals surface area contributed by atoms with Crippen molar-refractivity contribution in [1.29, 1.82) is 0 Å². The van der Waals surface area contributed by atoms with E-state index in [4.69, 9.17) is 9.84 Å². The Morgan fingerprint density at radius 1 is 1.36 bits per heavy atom. The fourth-order valence-electron chi connectivity index (χ4n) is 0.951. The Bertz CT molecular complexity index is 238. The second-order valence-electron chi connectivity index (χ2n) is 3.11. The molecule has 0 aromatic heterocycles. The highest BCUT2D eigenvalue weighted by Crippen LogP contribution is 2.10. The lowest BCUT2D eigenvalue weighted by Gasteiger charge is -2.07. The predicted octanol–water partition coefficient (Wildman–Crippen LogP) is 2.27. The summed E-state index contributed by atoms with van der Waals surface area (Å²) in [6.07, 6.45) is 0. The molecular formula is C11H16O2S. The summed E-state index contributed by atoms with van der Waals surface area (Å²) in [5.41, 5.74) is 1.18. The number of aliphatic hydroxyl groups excluding tert-OH is 1. The van der Waals surface area contributed by atoms with Crippen molar-refractivity contribution in [2.24, 2.45) is 0 Å². The topological polar surface area (TPSA) is 29.5 Å². The zero-order valence-corrected chi connectivity index (χ0v) is 9.17. The van der Waals surface area contributed by atoms with Crippen molar-refractivity contribution < 1.29 is 9.84 Å². The first-order chi connectivity index (χ1) is 6.83. The number of benzene rings is 1. The lowest BCUT2D eigenvalue weighted by molar-refractivity contribution is 0.168. The van der Waals surface area contributed by atoms with E-state index in [9.17, 15) is 0 Å². The van der Waals surface area contributed by atoms with Crippen molar-refractivity contribution in [3.8, 4) is 0 Å². The molecule has 78 valence electrons. The van der Waals surface area contributed by atoms with Crippen LogP contribution in [-0.4, -0.2) is 22.9 Å². The zero-order valence-electron chi connectivity index (χ0n) is 8.35. The summed E-state index contributed by atoms with van der Waals surface area (Å²) >= 11 is 1.62. The van der Waals surface area contributed by atoms with Crippen molar-refractivity contribution in [2.75, 3.05) is 12.5 Å². The molecule has 0 saturated carbocycles. The van der Waals surface area contributed by atoms with Crippen LogP contribution in [0.2, 0.25) is 0 Å². The zero-order chi connectivity index (χ0) is 10.2. The molecule has 0 spiro atoms. The molecule has 1 N–H and O–H groups in total. The van der Waals surface area contributed by atoms with Crippen LogP contribution in [0.1, 0.15) is 12.5 Å². The first-order valence-corrected chi connectivity index (χ1v) is 5.72. The van der Waals surface area contributed by atoms with E-state index in [1.54, 1.807) is 11.8 Å². The van der Waals surface area contributed by atoms with Gasteiger partial charge < -0.3 is 9.84 Å². The molecule has 1 rings (SSSR count). The molecule has 0 amide bonds. The van der Waals surface area contributed by atoms with Gasteiger partial charge in [-0.2, -0.15) is 0 Å². The van der Waals surface area contributed by atoms with Crippen molar-refractivity contribution in [2.45, 2.75) is 18.8 Å². The van der Waals surface area contributed by atoms with Gasteiger partial charge in [-0.25, -0.2) is 0 Å². The molecule has 0 saturated heterocycles. The average Bonchev–Trinajstić information content (AvgIpc) is 2.25. The van der Waals surface area contributed by atoms with E-state index in [2.05, 4.69) is 0 Å². The van der Waals surface area contributed by atoms with Crippen LogP contribution in [0.25, 0.3) is 0 Å². The summed E-state index contributed by atoms with van der Waals surface area (Å²) in [5.74, 6) is 0.636. The largest absolute Gasteiger partial charge is 0.395 e. The molecular weight excluding hydrogens is 196 g/mol. The van der Waals surface area contributed by atoms with Gasteiger partial charge in [-0.1, -0.05) is 37.3 Å². The molecule has 2 nitrogen and oxygen atoms in total. The number of rotatable bonds is 6. The molecule has 0 aliphatic heterocycles. The smallest absolute Gasteiger partial charge is 0.0928 e. The van der Waals surface area contributed by atoms with Crippen LogP contribution in [0.15, 0.2) is 30.3 Å². The summed E-state index contributed by atoms with van der Waals surface area (Å²) in [6, 6.07) is 10.1. The van der Waals surface area contributed by atoms with E-state index in [0.717, 1.165) is 0 Å². The summed E-state index contributed by atoms with van der Waals surface area (Å²) in [5, 5.41) is 9.03. The molecule has 1 unspecified atom stereocenters. The highest BCUT2D eigenvalue weighted by molar-refractivity contribution is 7.99. The molecule has 0 bridgehead atoms. The second kappa shape index (κ2) is 6.87. The summed E-state index contributed by atoms with van der Waals surface area (Å²) < 4.78 is 5.44. The van der Waals surface area contributed by atoms with Gasteiger partial charge in [0.05, 0.1) is 19.2 Å². The first-order valence-electron chi connectivity index (χ1n) is 4.67. The second-order valence-corrected chi connectivity index (χ2v) is 4.49. The van der Waals surface area contributed by atoms with Crippen LogP contribution in [-0.2, 0) is 11.3 Å². The maximum Gasteiger partial charge on any atom is 0.0928 e. The van der Waals surface area contributed by atoms with Crippen molar-refractivity contribution in [1.82, 2.24) is 0 Å². The van der Waals surface area contributed by atoms with Gasteiger partial charge in [0.15, 0.2) is 0 Å². The van der Waals surface area contributed by atoms with Crippen LogP contribution >= 0.6 is 11.8 Å². The van der Waals surface area contributed by atoms with Gasteiger partial charge in [0, 0.05) is 5.25 Å². The molecule has 0 aliphatic rings. The third-order valence-electron chi connectivity index (χ3n) is 1.80. The van der Waals surface area contributed by atoms with Crippen molar-refractivity contribution in [3.63, 3.8) is 0 Å². The molecule has 1 aromatic rings. The van der Waals surface area contributed by atoms with Crippen LogP contribution in [0.3, 0.4) is 0 Å². The van der Waals surface area contributed by atoms with Gasteiger partial charge in [0.2, 0.25) is 0 Å². The first kappa shape index (κ1) is 11.6. The SMILES string of the molecule is CC(CO)SCOCc1ccccc1. The van der Waals surface area contributed by atoms with E-state index in [-0.39, 0.29) is 11.9 Å². The summed E-state index contributed by atoms with van der Waals surface area (Å²) in [7, 11) is 0. The molecule has 0 fully saturated rings. The molecule has 0 radical (unpaired) electrons. The molecule has 1 atom stereocenters. The van der Waals surface area contributed by atoms with E-state index < -0.39 is 0 Å². The van der Waals surface area contributed by atoms with Gasteiger partial charge in [-0.3, -0.25) is 0 Å². The third-order valence-corrected chi connectivity index (χ3v) is 2.83. The Labute approximate surface area is 89.3 Å². The number of aliphatic hydroxyl groups is 1. The predicted molar refractivity (Wildman–Crippen MR) is 60.2 cm³/mol. The lowest BCUT2D eigenvalue weighted by Crippen LogP contribution is -2.04. The minimum absolute atomic E-state index is 0.208. The Morgan fingerprint density at radius 3 is 2.71 bits per heavy atom. The van der Waals surface area contributed by atoms with Crippen LogP contribution < -0.4 is 0 Å². The highest BCUT2D eigenvalue weighted by Gasteiger charge is 1.99. The van der Waals surface area contributed by atoms with Crippen LogP contribution in [0, 0.1) is 0 Å². The third kappa shape index (κ3) is 4.65. The molecule has 14 heavy (non-hydrogen) atoms. The average molecular weight is 212 g/mol. The number of hydrogen-bond donors (Lipinski definition) is 1. The standard InChI is InChI=1S/C11H16O2S/c1-10(7-12)14-9-13-8-11-5-3-2-4-6-11/h2-6,10,12H,7-9H2,1H3. The van der Waals surface area contributed by atoms with Crippen molar-refractivity contribution >= 4 is 11.8 Å². The van der Waals surface area contributed by atoms with Gasteiger partial charge >= 0.3 is 0 Å². The van der Waals surface area contributed by atoms with Gasteiger partial charge in [-0.05, 0) is 5.56 Å². The van der Waals surface area contributed by atoms with E-state index in [1.165, 1.54) is 5.56 Å². The summed E-state index contributed by atoms with van der Waals surface area (Å²) in [6.45, 7) is 2.84. The highest BCUT2D eigenvalue weighted by atomic mass is 32.2. The molecule has 0 heterocycles. The molecule has 3 heteroatoms. The summed E-state index contributed by atoms with van der Waals surface area (Å²) in [4.78, 5) is 0. The van der Waals surface area contributed by atoms with E-state index in [0.29, 0.717) is 12.5 Å². The van der Waals surface area contributed by atoms with Gasteiger partial charge in [0.1, 0.15) is 0 Å². The van der Waals surface area contributed by atoms with E-state index in [1.807, 2.05) is 37.3 Å². The van der Waals surface area contributed by atoms with E-state index >= 15 is 0 Å². The number of hydrogen-bond acceptors (Lipinski definition) is 3. The monoisotopic (exact) mass is 212 g/mol. The normalized spacial score (nSPS) is 12.7. The van der Waals surface area contributed by atoms with Crippen LogP contribution in [0.4, 0.5) is 0 Å². The molecule has 1 aromatic carbocycles. The van der Waals surface area contributed by atoms with Crippen LogP contribution in [0.5, 0.6) is 0 Å².